The van der Waals surface area contributed by atoms with Gasteiger partial charge in [0.25, 0.3) is 0 Å². The van der Waals surface area contributed by atoms with Crippen molar-refractivity contribution in [1.29, 1.82) is 0 Å². The number of thiazole rings is 1. The van der Waals surface area contributed by atoms with Crippen LogP contribution in [0, 0.1) is 12.3 Å². The first-order valence-corrected chi connectivity index (χ1v) is 11.4. The zero-order valence-corrected chi connectivity index (χ0v) is 16.8. The van der Waals surface area contributed by atoms with Crippen LogP contribution < -0.4 is 0 Å². The van der Waals surface area contributed by atoms with Crippen LogP contribution in [0.25, 0.3) is 0 Å². The minimum absolute atomic E-state index is 0.160. The maximum absolute atomic E-state index is 12.2. The van der Waals surface area contributed by atoms with Crippen molar-refractivity contribution in [2.45, 2.75) is 58.5 Å². The molecule has 24 heavy (non-hydrogen) atoms. The minimum Gasteiger partial charge on any atom is -0.297 e. The molecule has 3 heterocycles. The second-order valence-corrected chi connectivity index (χ2v) is 11.2. The van der Waals surface area contributed by atoms with Crippen LogP contribution in [0.1, 0.15) is 50.2 Å². The molecule has 1 aromatic heterocycles. The third-order valence-corrected chi connectivity index (χ3v) is 8.04. The van der Waals surface area contributed by atoms with E-state index in [1.165, 1.54) is 6.26 Å². The monoisotopic (exact) mass is 371 g/mol. The van der Waals surface area contributed by atoms with Gasteiger partial charge in [-0.2, -0.15) is 4.31 Å². The average Bonchev–Trinajstić information content (AvgIpc) is 2.89. The molecule has 136 valence electrons. The lowest BCUT2D eigenvalue weighted by atomic mass is 9.69. The number of likely N-dealkylation sites (tertiary alicyclic amines) is 1. The molecule has 2 aliphatic heterocycles. The van der Waals surface area contributed by atoms with Crippen LogP contribution in [-0.4, -0.2) is 54.0 Å². The number of hydrogen-bond acceptors (Lipinski definition) is 5. The lowest BCUT2D eigenvalue weighted by molar-refractivity contribution is 0.00513. The summed E-state index contributed by atoms with van der Waals surface area (Å²) in [5.74, 6) is 0. The van der Waals surface area contributed by atoms with Gasteiger partial charge in [-0.1, -0.05) is 0 Å². The molecule has 2 saturated heterocycles. The number of aromatic nitrogens is 1. The molecule has 2 aliphatic rings. The van der Waals surface area contributed by atoms with Crippen molar-refractivity contribution in [2.75, 3.05) is 25.9 Å². The number of rotatable bonds is 3. The molecule has 2 fully saturated rings. The molecule has 0 radical (unpaired) electrons. The number of hydrogen-bond donors (Lipinski definition) is 0. The van der Waals surface area contributed by atoms with Crippen molar-refractivity contribution in [1.82, 2.24) is 14.2 Å². The van der Waals surface area contributed by atoms with Gasteiger partial charge in [-0.05, 0) is 65.0 Å². The summed E-state index contributed by atoms with van der Waals surface area (Å²) in [5, 5.41) is 3.27. The van der Waals surface area contributed by atoms with Crippen LogP contribution in [0.4, 0.5) is 0 Å². The van der Waals surface area contributed by atoms with Crippen LogP contribution >= 0.6 is 11.3 Å². The summed E-state index contributed by atoms with van der Waals surface area (Å²) in [4.78, 5) is 7.02. The van der Waals surface area contributed by atoms with Crippen molar-refractivity contribution in [3.05, 3.63) is 16.1 Å². The standard InChI is InChI=1S/C17H29N3O2S2/c1-14-18-15(12-23-14)11-19-9-7-17(8-10-19)6-5-16(2,3)20(13-17)24(4,21)22/h12H,5-11,13H2,1-4H3. The zero-order valence-electron chi connectivity index (χ0n) is 15.2. The Kier molecular flexibility index (Phi) is 4.83. The van der Waals surface area contributed by atoms with E-state index in [0.717, 1.165) is 56.0 Å². The van der Waals surface area contributed by atoms with Crippen molar-refractivity contribution >= 4 is 21.4 Å². The van der Waals surface area contributed by atoms with E-state index in [1.54, 1.807) is 15.6 Å². The van der Waals surface area contributed by atoms with Gasteiger partial charge in [0.05, 0.1) is 17.0 Å². The van der Waals surface area contributed by atoms with Gasteiger partial charge < -0.3 is 0 Å². The van der Waals surface area contributed by atoms with E-state index in [0.29, 0.717) is 6.54 Å². The van der Waals surface area contributed by atoms with E-state index in [1.807, 2.05) is 6.92 Å². The lowest BCUT2D eigenvalue weighted by Crippen LogP contribution is -2.58. The highest BCUT2D eigenvalue weighted by molar-refractivity contribution is 7.88. The highest BCUT2D eigenvalue weighted by atomic mass is 32.2. The fraction of sp³-hybridized carbons (Fsp3) is 0.824. The van der Waals surface area contributed by atoms with E-state index in [2.05, 4.69) is 29.1 Å². The number of nitrogens with zero attached hydrogens (tertiary/aromatic N) is 3. The molecule has 0 aliphatic carbocycles. The summed E-state index contributed by atoms with van der Waals surface area (Å²) in [6, 6.07) is 0. The van der Waals surface area contributed by atoms with E-state index in [4.69, 9.17) is 0 Å². The highest BCUT2D eigenvalue weighted by Crippen LogP contribution is 2.45. The Morgan fingerprint density at radius 1 is 1.21 bits per heavy atom. The van der Waals surface area contributed by atoms with Gasteiger partial charge in [0.15, 0.2) is 0 Å². The summed E-state index contributed by atoms with van der Waals surface area (Å²) < 4.78 is 26.2. The molecule has 0 unspecified atom stereocenters. The molecule has 0 amide bonds. The second-order valence-electron chi connectivity index (χ2n) is 8.22. The maximum atomic E-state index is 12.2. The van der Waals surface area contributed by atoms with Crippen LogP contribution in [0.15, 0.2) is 5.38 Å². The van der Waals surface area contributed by atoms with Crippen LogP contribution in [0.2, 0.25) is 0 Å². The highest BCUT2D eigenvalue weighted by Gasteiger charge is 2.47. The molecule has 0 bridgehead atoms. The fourth-order valence-corrected chi connectivity index (χ4v) is 6.26. The Morgan fingerprint density at radius 2 is 1.88 bits per heavy atom. The van der Waals surface area contributed by atoms with Gasteiger partial charge in [0, 0.05) is 24.0 Å². The zero-order chi connectivity index (χ0) is 17.6. The summed E-state index contributed by atoms with van der Waals surface area (Å²) >= 11 is 1.71. The Bertz CT molecular complexity index is 688. The van der Waals surface area contributed by atoms with Gasteiger partial charge in [0.1, 0.15) is 0 Å². The lowest BCUT2D eigenvalue weighted by Gasteiger charge is -2.52. The van der Waals surface area contributed by atoms with Crippen LogP contribution in [0.3, 0.4) is 0 Å². The first-order chi connectivity index (χ1) is 11.1. The molecule has 0 aromatic carbocycles. The predicted molar refractivity (Wildman–Crippen MR) is 98.7 cm³/mol. The predicted octanol–water partition coefficient (Wildman–Crippen LogP) is 2.87. The quantitative estimate of drug-likeness (QED) is 0.820. The van der Waals surface area contributed by atoms with Crippen LogP contribution in [0.5, 0.6) is 0 Å². The van der Waals surface area contributed by atoms with Gasteiger partial charge >= 0.3 is 0 Å². The normalized spacial score (nSPS) is 25.2. The second kappa shape index (κ2) is 6.34. The number of aryl methyl sites for hydroxylation is 1. The molecule has 5 nitrogen and oxygen atoms in total. The Hall–Kier alpha value is -0.500. The molecule has 1 spiro atoms. The van der Waals surface area contributed by atoms with Gasteiger partial charge in [-0.25, -0.2) is 13.4 Å². The van der Waals surface area contributed by atoms with Crippen molar-refractivity contribution in [3.8, 4) is 0 Å². The number of sulfonamides is 1. The Labute approximate surface area is 150 Å². The first-order valence-electron chi connectivity index (χ1n) is 8.71. The molecular formula is C17H29N3O2S2. The van der Waals surface area contributed by atoms with Crippen molar-refractivity contribution in [2.24, 2.45) is 5.41 Å². The average molecular weight is 372 g/mol. The molecule has 0 atom stereocenters. The first kappa shape index (κ1) is 18.3. The molecule has 0 saturated carbocycles. The number of piperidine rings is 2. The fourth-order valence-electron chi connectivity index (χ4n) is 4.16. The van der Waals surface area contributed by atoms with E-state index in [-0.39, 0.29) is 11.0 Å². The molecule has 7 heteroatoms. The van der Waals surface area contributed by atoms with Gasteiger partial charge in [0.2, 0.25) is 10.0 Å². The third-order valence-electron chi connectivity index (χ3n) is 5.79. The SMILES string of the molecule is Cc1nc(CN2CCC3(CC2)CCC(C)(C)N(S(C)(=O)=O)C3)cs1. The van der Waals surface area contributed by atoms with Crippen molar-refractivity contribution in [3.63, 3.8) is 0 Å². The molecular weight excluding hydrogens is 342 g/mol. The maximum Gasteiger partial charge on any atom is 0.211 e. The molecule has 3 rings (SSSR count). The Balaban J connectivity index is 1.64. The van der Waals surface area contributed by atoms with Crippen molar-refractivity contribution < 1.29 is 8.42 Å². The van der Waals surface area contributed by atoms with Gasteiger partial charge in [-0.3, -0.25) is 4.90 Å². The van der Waals surface area contributed by atoms with E-state index in [9.17, 15) is 8.42 Å². The van der Waals surface area contributed by atoms with Gasteiger partial charge in [-0.15, -0.1) is 11.3 Å². The topological polar surface area (TPSA) is 53.5 Å². The summed E-state index contributed by atoms with van der Waals surface area (Å²) in [7, 11) is -3.16. The van der Waals surface area contributed by atoms with Crippen LogP contribution in [-0.2, 0) is 16.6 Å². The Morgan fingerprint density at radius 3 is 2.42 bits per heavy atom. The molecule has 1 aromatic rings. The third kappa shape index (κ3) is 3.84. The van der Waals surface area contributed by atoms with E-state index < -0.39 is 10.0 Å². The largest absolute Gasteiger partial charge is 0.297 e. The van der Waals surface area contributed by atoms with E-state index >= 15 is 0 Å². The smallest absolute Gasteiger partial charge is 0.211 e. The summed E-state index contributed by atoms with van der Waals surface area (Å²) in [6.45, 7) is 9.83. The molecule has 0 N–H and O–H groups in total. The summed E-state index contributed by atoms with van der Waals surface area (Å²) in [6.07, 6.45) is 5.60. The summed E-state index contributed by atoms with van der Waals surface area (Å²) in [5.41, 5.74) is 1.07. The minimum atomic E-state index is -3.16.